The van der Waals surface area contributed by atoms with E-state index >= 15 is 0 Å². The highest BCUT2D eigenvalue weighted by Crippen LogP contribution is 2.17. The van der Waals surface area contributed by atoms with Crippen LogP contribution in [0.15, 0.2) is 36.5 Å². The van der Waals surface area contributed by atoms with Crippen molar-refractivity contribution < 1.29 is 8.42 Å². The first kappa shape index (κ1) is 14.4. The molecule has 108 valence electrons. The average Bonchev–Trinajstić information content (AvgIpc) is 2.75. The molecule has 2 rings (SSSR count). The minimum atomic E-state index is -3.38. The van der Waals surface area contributed by atoms with Gasteiger partial charge in [0.05, 0.1) is 17.6 Å². The fraction of sp³-hybridized carbons (Fsp3) is 0.308. The molecular formula is C13H18N4O2S. The highest BCUT2D eigenvalue weighted by atomic mass is 32.2. The average molecular weight is 294 g/mol. The van der Waals surface area contributed by atoms with E-state index in [9.17, 15) is 8.42 Å². The number of nitrogens with two attached hydrogens (primary N) is 1. The third kappa shape index (κ3) is 3.51. The van der Waals surface area contributed by atoms with Gasteiger partial charge in [-0.15, -0.1) is 0 Å². The standard InChI is InChI=1S/C13H18N4O2S/c1-10(2)9-20(18,19)16-13-7-8-15-17(13)12-5-3-11(14)4-6-12/h3-8,10,16H,9,14H2,1-2H3. The predicted octanol–water partition coefficient (Wildman–Crippen LogP) is 1.85. The zero-order valence-corrected chi connectivity index (χ0v) is 12.3. The molecule has 20 heavy (non-hydrogen) atoms. The number of nitrogen functional groups attached to an aromatic ring is 1. The molecule has 2 aromatic rings. The number of benzene rings is 1. The van der Waals surface area contributed by atoms with Crippen LogP contribution in [-0.4, -0.2) is 24.0 Å². The van der Waals surface area contributed by atoms with Crippen LogP contribution < -0.4 is 10.5 Å². The van der Waals surface area contributed by atoms with Gasteiger partial charge in [0.2, 0.25) is 10.0 Å². The molecule has 0 saturated carbocycles. The molecule has 0 bridgehead atoms. The van der Waals surface area contributed by atoms with Gasteiger partial charge in [-0.1, -0.05) is 13.8 Å². The van der Waals surface area contributed by atoms with Gasteiger partial charge in [0, 0.05) is 11.8 Å². The monoisotopic (exact) mass is 294 g/mol. The minimum absolute atomic E-state index is 0.0559. The molecule has 1 heterocycles. The van der Waals surface area contributed by atoms with Crippen molar-refractivity contribution in [2.45, 2.75) is 13.8 Å². The van der Waals surface area contributed by atoms with Gasteiger partial charge in [-0.2, -0.15) is 5.10 Å². The molecule has 0 atom stereocenters. The summed E-state index contributed by atoms with van der Waals surface area (Å²) in [5, 5.41) is 4.13. The topological polar surface area (TPSA) is 90.0 Å². The van der Waals surface area contributed by atoms with Crippen molar-refractivity contribution in [2.24, 2.45) is 5.92 Å². The Morgan fingerprint density at radius 3 is 2.50 bits per heavy atom. The van der Waals surface area contributed by atoms with Crippen molar-refractivity contribution >= 4 is 21.5 Å². The zero-order valence-electron chi connectivity index (χ0n) is 11.4. The number of hydrogen-bond donors (Lipinski definition) is 2. The fourth-order valence-electron chi connectivity index (χ4n) is 1.84. The van der Waals surface area contributed by atoms with Gasteiger partial charge in [-0.05, 0) is 30.2 Å². The summed E-state index contributed by atoms with van der Waals surface area (Å²) in [4.78, 5) is 0. The first-order valence-corrected chi connectivity index (χ1v) is 7.93. The number of nitrogens with one attached hydrogen (secondary N) is 1. The lowest BCUT2D eigenvalue weighted by Gasteiger charge is -2.12. The van der Waals surface area contributed by atoms with Gasteiger partial charge in [0.25, 0.3) is 0 Å². The van der Waals surface area contributed by atoms with Crippen molar-refractivity contribution in [1.29, 1.82) is 0 Å². The van der Waals surface area contributed by atoms with E-state index in [4.69, 9.17) is 5.73 Å². The Labute approximate surface area is 118 Å². The summed E-state index contributed by atoms with van der Waals surface area (Å²) in [6.07, 6.45) is 1.55. The van der Waals surface area contributed by atoms with E-state index in [1.54, 1.807) is 36.5 Å². The molecule has 0 spiro atoms. The van der Waals surface area contributed by atoms with Gasteiger partial charge in [-0.3, -0.25) is 4.72 Å². The molecule has 0 fully saturated rings. The summed E-state index contributed by atoms with van der Waals surface area (Å²) in [6.45, 7) is 3.72. The molecule has 0 radical (unpaired) electrons. The molecule has 0 aliphatic rings. The SMILES string of the molecule is CC(C)CS(=O)(=O)Nc1ccnn1-c1ccc(N)cc1. The molecule has 3 N–H and O–H groups in total. The van der Waals surface area contributed by atoms with E-state index in [2.05, 4.69) is 9.82 Å². The van der Waals surface area contributed by atoms with Crippen LogP contribution in [0.2, 0.25) is 0 Å². The summed E-state index contributed by atoms with van der Waals surface area (Å²) in [5.41, 5.74) is 7.02. The Morgan fingerprint density at radius 1 is 1.25 bits per heavy atom. The van der Waals surface area contributed by atoms with Gasteiger partial charge in [-0.25, -0.2) is 13.1 Å². The fourth-order valence-corrected chi connectivity index (χ4v) is 3.28. The summed E-state index contributed by atoms with van der Waals surface area (Å²) >= 11 is 0. The van der Waals surface area contributed by atoms with Crippen LogP contribution in [0.3, 0.4) is 0 Å². The van der Waals surface area contributed by atoms with E-state index in [1.165, 1.54) is 4.68 Å². The largest absolute Gasteiger partial charge is 0.399 e. The lowest BCUT2D eigenvalue weighted by atomic mass is 10.3. The van der Waals surface area contributed by atoms with Crippen LogP contribution in [0.1, 0.15) is 13.8 Å². The summed E-state index contributed by atoms with van der Waals surface area (Å²) in [6, 6.07) is 8.66. The number of anilines is 2. The van der Waals surface area contributed by atoms with Crippen LogP contribution in [0.25, 0.3) is 5.69 Å². The summed E-state index contributed by atoms with van der Waals surface area (Å²) in [7, 11) is -3.38. The molecule has 0 aliphatic heterocycles. The Kier molecular flexibility index (Phi) is 3.99. The van der Waals surface area contributed by atoms with Crippen LogP contribution in [0.4, 0.5) is 11.5 Å². The zero-order chi connectivity index (χ0) is 14.8. The second-order valence-corrected chi connectivity index (χ2v) is 6.76. The normalized spacial score (nSPS) is 11.8. The van der Waals surface area contributed by atoms with Crippen molar-refractivity contribution in [1.82, 2.24) is 9.78 Å². The van der Waals surface area contributed by atoms with Gasteiger partial charge >= 0.3 is 0 Å². The van der Waals surface area contributed by atoms with E-state index in [0.717, 1.165) is 5.69 Å². The Morgan fingerprint density at radius 2 is 1.90 bits per heavy atom. The first-order valence-electron chi connectivity index (χ1n) is 6.28. The van der Waals surface area contributed by atoms with Crippen molar-refractivity contribution in [3.8, 4) is 5.69 Å². The number of aromatic nitrogens is 2. The predicted molar refractivity (Wildman–Crippen MR) is 80.2 cm³/mol. The van der Waals surface area contributed by atoms with Crippen LogP contribution in [0.5, 0.6) is 0 Å². The summed E-state index contributed by atoms with van der Waals surface area (Å²) in [5.74, 6) is 0.538. The second-order valence-electron chi connectivity index (χ2n) is 5.00. The number of nitrogens with zero attached hydrogens (tertiary/aromatic N) is 2. The highest BCUT2D eigenvalue weighted by molar-refractivity contribution is 7.92. The van der Waals surface area contributed by atoms with Crippen molar-refractivity contribution in [3.05, 3.63) is 36.5 Å². The molecular weight excluding hydrogens is 276 g/mol. The van der Waals surface area contributed by atoms with E-state index in [1.807, 2.05) is 13.8 Å². The molecule has 0 unspecified atom stereocenters. The lowest BCUT2D eigenvalue weighted by Crippen LogP contribution is -2.21. The molecule has 0 aliphatic carbocycles. The van der Waals surface area contributed by atoms with E-state index in [-0.39, 0.29) is 11.7 Å². The van der Waals surface area contributed by atoms with Crippen LogP contribution >= 0.6 is 0 Å². The first-order chi connectivity index (χ1) is 9.37. The minimum Gasteiger partial charge on any atom is -0.399 e. The van der Waals surface area contributed by atoms with Gasteiger partial charge < -0.3 is 5.73 Å². The van der Waals surface area contributed by atoms with Gasteiger partial charge in [0.1, 0.15) is 5.82 Å². The maximum atomic E-state index is 12.0. The molecule has 7 heteroatoms. The van der Waals surface area contributed by atoms with Crippen LogP contribution in [-0.2, 0) is 10.0 Å². The third-order valence-electron chi connectivity index (χ3n) is 2.59. The molecule has 0 amide bonds. The molecule has 1 aromatic heterocycles. The highest BCUT2D eigenvalue weighted by Gasteiger charge is 2.15. The van der Waals surface area contributed by atoms with Crippen LogP contribution in [0, 0.1) is 5.92 Å². The van der Waals surface area contributed by atoms with E-state index in [0.29, 0.717) is 11.5 Å². The van der Waals surface area contributed by atoms with Crippen molar-refractivity contribution in [3.63, 3.8) is 0 Å². The Hall–Kier alpha value is -2.02. The van der Waals surface area contributed by atoms with Gasteiger partial charge in [0.15, 0.2) is 0 Å². The molecule has 6 nitrogen and oxygen atoms in total. The Bertz CT molecular complexity index is 675. The number of hydrogen-bond acceptors (Lipinski definition) is 4. The maximum absolute atomic E-state index is 12.0. The number of rotatable bonds is 5. The maximum Gasteiger partial charge on any atom is 0.234 e. The lowest BCUT2D eigenvalue weighted by molar-refractivity contribution is 0.587. The molecule has 1 aromatic carbocycles. The summed E-state index contributed by atoms with van der Waals surface area (Å²) < 4.78 is 28.0. The second kappa shape index (κ2) is 5.54. The smallest absolute Gasteiger partial charge is 0.234 e. The van der Waals surface area contributed by atoms with E-state index < -0.39 is 10.0 Å². The Balaban J connectivity index is 2.27. The number of sulfonamides is 1. The molecule has 0 saturated heterocycles. The third-order valence-corrected chi connectivity index (χ3v) is 4.22. The van der Waals surface area contributed by atoms with Crippen molar-refractivity contribution in [2.75, 3.05) is 16.2 Å². The quantitative estimate of drug-likeness (QED) is 0.823.